The molecule has 102 valence electrons. The molecular formula is C14H20F3N. The number of hydrogen-bond acceptors (Lipinski definition) is 1. The summed E-state index contributed by atoms with van der Waals surface area (Å²) in [5, 5.41) is 3.13. The van der Waals surface area contributed by atoms with Gasteiger partial charge in [0.2, 0.25) is 0 Å². The van der Waals surface area contributed by atoms with Gasteiger partial charge in [-0.05, 0) is 50.0 Å². The summed E-state index contributed by atoms with van der Waals surface area (Å²) in [5.74, 6) is 0.483. The summed E-state index contributed by atoms with van der Waals surface area (Å²) >= 11 is 0. The van der Waals surface area contributed by atoms with Gasteiger partial charge in [-0.1, -0.05) is 25.5 Å². The molecule has 1 aromatic carbocycles. The highest BCUT2D eigenvalue weighted by molar-refractivity contribution is 5.24. The van der Waals surface area contributed by atoms with Crippen molar-refractivity contribution in [2.24, 2.45) is 5.92 Å². The monoisotopic (exact) mass is 259 g/mol. The van der Waals surface area contributed by atoms with Gasteiger partial charge in [0, 0.05) is 0 Å². The zero-order valence-corrected chi connectivity index (χ0v) is 10.8. The normalized spacial score (nSPS) is 13.6. The molecule has 4 heteroatoms. The highest BCUT2D eigenvalue weighted by Crippen LogP contribution is 2.29. The Morgan fingerprint density at radius 2 is 1.78 bits per heavy atom. The van der Waals surface area contributed by atoms with Crippen LogP contribution in [0.15, 0.2) is 24.3 Å². The van der Waals surface area contributed by atoms with Crippen LogP contribution in [0.1, 0.15) is 30.9 Å². The summed E-state index contributed by atoms with van der Waals surface area (Å²) in [5.41, 5.74) is 0.392. The van der Waals surface area contributed by atoms with Crippen molar-refractivity contribution in [2.75, 3.05) is 13.6 Å². The van der Waals surface area contributed by atoms with Crippen LogP contribution in [0.4, 0.5) is 13.2 Å². The van der Waals surface area contributed by atoms with Gasteiger partial charge < -0.3 is 5.32 Å². The minimum atomic E-state index is -4.24. The van der Waals surface area contributed by atoms with E-state index >= 15 is 0 Å². The first kappa shape index (κ1) is 15.0. The topological polar surface area (TPSA) is 12.0 Å². The molecule has 1 atom stereocenters. The third kappa shape index (κ3) is 4.69. The van der Waals surface area contributed by atoms with E-state index in [2.05, 4.69) is 12.2 Å². The van der Waals surface area contributed by atoms with Crippen LogP contribution in [0.3, 0.4) is 0 Å². The summed E-state index contributed by atoms with van der Waals surface area (Å²) in [6, 6.07) is 5.50. The van der Waals surface area contributed by atoms with Gasteiger partial charge >= 0.3 is 6.18 Å². The van der Waals surface area contributed by atoms with Gasteiger partial charge in [0.15, 0.2) is 0 Å². The van der Waals surface area contributed by atoms with Crippen molar-refractivity contribution in [2.45, 2.75) is 32.4 Å². The quantitative estimate of drug-likeness (QED) is 0.817. The van der Waals surface area contributed by atoms with Gasteiger partial charge in [-0.25, -0.2) is 0 Å². The maximum Gasteiger partial charge on any atom is 0.416 e. The molecule has 0 radical (unpaired) electrons. The number of hydrogen-bond donors (Lipinski definition) is 1. The smallest absolute Gasteiger partial charge is 0.319 e. The summed E-state index contributed by atoms with van der Waals surface area (Å²) in [4.78, 5) is 0. The van der Waals surface area contributed by atoms with E-state index < -0.39 is 11.7 Å². The average Bonchev–Trinajstić information content (AvgIpc) is 2.29. The Labute approximate surface area is 106 Å². The Hall–Kier alpha value is -1.03. The first-order valence-corrected chi connectivity index (χ1v) is 6.28. The molecule has 1 aromatic rings. The maximum absolute atomic E-state index is 12.4. The molecule has 0 fully saturated rings. The SMILES string of the molecule is CCCC(CNC)Cc1ccc(C(F)(F)F)cc1. The molecule has 0 spiro atoms. The zero-order chi connectivity index (χ0) is 13.6. The van der Waals surface area contributed by atoms with E-state index in [1.807, 2.05) is 7.05 Å². The molecule has 1 unspecified atom stereocenters. The molecule has 1 N–H and O–H groups in total. The van der Waals surface area contributed by atoms with Crippen molar-refractivity contribution >= 4 is 0 Å². The fraction of sp³-hybridized carbons (Fsp3) is 0.571. The second kappa shape index (κ2) is 6.78. The van der Waals surface area contributed by atoms with E-state index in [0.717, 1.165) is 43.5 Å². The number of halogens is 3. The lowest BCUT2D eigenvalue weighted by molar-refractivity contribution is -0.137. The van der Waals surface area contributed by atoms with E-state index in [-0.39, 0.29) is 0 Å². The second-order valence-electron chi connectivity index (χ2n) is 4.61. The Morgan fingerprint density at radius 3 is 2.22 bits per heavy atom. The fourth-order valence-corrected chi connectivity index (χ4v) is 2.14. The van der Waals surface area contributed by atoms with Crippen LogP contribution in [-0.2, 0) is 12.6 Å². The molecule has 0 amide bonds. The van der Waals surface area contributed by atoms with Gasteiger partial charge in [0.05, 0.1) is 5.56 Å². The highest BCUT2D eigenvalue weighted by Gasteiger charge is 2.29. The summed E-state index contributed by atoms with van der Waals surface area (Å²) in [6.45, 7) is 3.02. The van der Waals surface area contributed by atoms with Crippen molar-refractivity contribution < 1.29 is 13.2 Å². The summed E-state index contributed by atoms with van der Waals surface area (Å²) < 4.78 is 37.2. The number of rotatable bonds is 6. The van der Waals surface area contributed by atoms with Crippen molar-refractivity contribution in [1.82, 2.24) is 5.32 Å². The highest BCUT2D eigenvalue weighted by atomic mass is 19.4. The molecule has 0 bridgehead atoms. The molecule has 0 aliphatic heterocycles. The Morgan fingerprint density at radius 1 is 1.17 bits per heavy atom. The third-order valence-corrected chi connectivity index (χ3v) is 3.00. The van der Waals surface area contributed by atoms with Gasteiger partial charge in [0.1, 0.15) is 0 Å². The first-order valence-electron chi connectivity index (χ1n) is 6.28. The Kier molecular flexibility index (Phi) is 5.66. The van der Waals surface area contributed by atoms with Crippen LogP contribution in [-0.4, -0.2) is 13.6 Å². The van der Waals surface area contributed by atoms with Gasteiger partial charge in [-0.2, -0.15) is 13.2 Å². The lowest BCUT2D eigenvalue weighted by atomic mass is 9.94. The molecule has 1 rings (SSSR count). The van der Waals surface area contributed by atoms with E-state index in [0.29, 0.717) is 5.92 Å². The third-order valence-electron chi connectivity index (χ3n) is 3.00. The molecule has 0 saturated carbocycles. The molecule has 0 aliphatic carbocycles. The molecule has 18 heavy (non-hydrogen) atoms. The minimum absolute atomic E-state index is 0.483. The largest absolute Gasteiger partial charge is 0.416 e. The predicted molar refractivity (Wildman–Crippen MR) is 67.5 cm³/mol. The van der Waals surface area contributed by atoms with Crippen LogP contribution >= 0.6 is 0 Å². The van der Waals surface area contributed by atoms with Gasteiger partial charge in [0.25, 0.3) is 0 Å². The van der Waals surface area contributed by atoms with Crippen molar-refractivity contribution in [1.29, 1.82) is 0 Å². The molecule has 1 nitrogen and oxygen atoms in total. The number of nitrogens with one attached hydrogen (secondary N) is 1. The van der Waals surface area contributed by atoms with E-state index in [4.69, 9.17) is 0 Å². The lowest BCUT2D eigenvalue weighted by Gasteiger charge is -2.16. The standard InChI is InChI=1S/C14H20F3N/c1-3-4-12(10-18-2)9-11-5-7-13(8-6-11)14(15,16)17/h5-8,12,18H,3-4,9-10H2,1-2H3. The van der Waals surface area contributed by atoms with Gasteiger partial charge in [-0.3, -0.25) is 0 Å². The second-order valence-corrected chi connectivity index (χ2v) is 4.61. The van der Waals surface area contributed by atoms with E-state index in [1.165, 1.54) is 0 Å². The van der Waals surface area contributed by atoms with Crippen molar-refractivity contribution in [3.63, 3.8) is 0 Å². The van der Waals surface area contributed by atoms with Crippen LogP contribution in [0.2, 0.25) is 0 Å². The minimum Gasteiger partial charge on any atom is -0.319 e. The maximum atomic E-state index is 12.4. The van der Waals surface area contributed by atoms with Crippen LogP contribution in [0.5, 0.6) is 0 Å². The summed E-state index contributed by atoms with van der Waals surface area (Å²) in [7, 11) is 1.90. The predicted octanol–water partition coefficient (Wildman–Crippen LogP) is 3.88. The van der Waals surface area contributed by atoms with Gasteiger partial charge in [-0.15, -0.1) is 0 Å². The molecule has 0 aliphatic rings. The van der Waals surface area contributed by atoms with Crippen LogP contribution < -0.4 is 5.32 Å². The van der Waals surface area contributed by atoms with Crippen molar-refractivity contribution in [3.8, 4) is 0 Å². The number of benzene rings is 1. The molecule has 0 heterocycles. The zero-order valence-electron chi connectivity index (χ0n) is 10.8. The van der Waals surface area contributed by atoms with Crippen molar-refractivity contribution in [3.05, 3.63) is 35.4 Å². The molecule has 0 saturated heterocycles. The molecule has 0 aromatic heterocycles. The van der Waals surface area contributed by atoms with E-state index in [9.17, 15) is 13.2 Å². The van der Waals surface area contributed by atoms with E-state index in [1.54, 1.807) is 12.1 Å². The average molecular weight is 259 g/mol. The Bertz CT molecular complexity index is 337. The Balaban J connectivity index is 2.67. The fourth-order valence-electron chi connectivity index (χ4n) is 2.14. The number of alkyl halides is 3. The lowest BCUT2D eigenvalue weighted by Crippen LogP contribution is -2.20. The van der Waals surface area contributed by atoms with Crippen LogP contribution in [0.25, 0.3) is 0 Å². The molecular weight excluding hydrogens is 239 g/mol. The van der Waals surface area contributed by atoms with Crippen LogP contribution in [0, 0.1) is 5.92 Å². The summed E-state index contributed by atoms with van der Waals surface area (Å²) in [6.07, 6.45) is -1.24. The first-order chi connectivity index (χ1) is 8.47.